The summed E-state index contributed by atoms with van der Waals surface area (Å²) < 4.78 is 42.3. The van der Waals surface area contributed by atoms with Crippen molar-refractivity contribution in [3.8, 4) is 0 Å². The molecule has 9 heteroatoms. The van der Waals surface area contributed by atoms with E-state index in [2.05, 4.69) is 15.3 Å². The van der Waals surface area contributed by atoms with Crippen molar-refractivity contribution < 1.29 is 13.2 Å². The number of nitrogen functional groups attached to an aromatic ring is 1. The van der Waals surface area contributed by atoms with Crippen molar-refractivity contribution in [1.82, 2.24) is 14.6 Å². The normalized spacial score (nSPS) is 11.5. The lowest BCUT2D eigenvalue weighted by Gasteiger charge is -2.05. The van der Waals surface area contributed by atoms with Crippen molar-refractivity contribution in [2.75, 3.05) is 11.2 Å². The van der Waals surface area contributed by atoms with Gasteiger partial charge in [0.25, 0.3) is 0 Å². The van der Waals surface area contributed by atoms with E-state index >= 15 is 0 Å². The third-order valence-electron chi connectivity index (χ3n) is 3.71. The summed E-state index contributed by atoms with van der Waals surface area (Å²) in [5.74, 6) is 3.85. The number of H-pyrrole nitrogens is 1. The van der Waals surface area contributed by atoms with Crippen LogP contribution in [0.15, 0.2) is 30.5 Å². The third kappa shape index (κ3) is 2.07. The van der Waals surface area contributed by atoms with Gasteiger partial charge in [-0.1, -0.05) is 11.6 Å². The number of nitrogens with one attached hydrogen (secondary N) is 2. The maximum absolute atomic E-state index is 14.0. The molecule has 0 spiro atoms. The number of imidazole rings is 1. The van der Waals surface area contributed by atoms with Crippen molar-refractivity contribution in [2.45, 2.75) is 0 Å². The number of fused-ring (bicyclic) bond motifs is 2. The van der Waals surface area contributed by atoms with Gasteiger partial charge in [0.1, 0.15) is 17.2 Å². The molecule has 4 rings (SSSR count). The zero-order valence-corrected chi connectivity index (χ0v) is 12.6. The van der Waals surface area contributed by atoms with Crippen molar-refractivity contribution in [3.05, 3.63) is 52.9 Å². The number of aromatic nitrogens is 3. The molecule has 0 radical (unpaired) electrons. The number of halogens is 4. The van der Waals surface area contributed by atoms with Crippen molar-refractivity contribution in [3.63, 3.8) is 0 Å². The highest BCUT2D eigenvalue weighted by atomic mass is 35.5. The van der Waals surface area contributed by atoms with Crippen LogP contribution in [0.3, 0.4) is 0 Å². The first-order valence-corrected chi connectivity index (χ1v) is 7.18. The monoisotopic (exact) mass is 351 g/mol. The molecule has 4 N–H and O–H groups in total. The highest BCUT2D eigenvalue weighted by Gasteiger charge is 2.17. The zero-order chi connectivity index (χ0) is 17.0. The van der Waals surface area contributed by atoms with Gasteiger partial charge in [-0.25, -0.2) is 22.8 Å². The molecule has 0 aliphatic carbocycles. The summed E-state index contributed by atoms with van der Waals surface area (Å²) in [4.78, 5) is 6.77. The van der Waals surface area contributed by atoms with E-state index in [9.17, 15) is 13.2 Å². The van der Waals surface area contributed by atoms with E-state index in [-0.39, 0.29) is 27.4 Å². The Balaban J connectivity index is 1.86. The summed E-state index contributed by atoms with van der Waals surface area (Å²) in [6, 6.07) is 4.83. The molecule has 2 heterocycles. The molecule has 0 bridgehead atoms. The minimum Gasteiger partial charge on any atom is -0.357 e. The van der Waals surface area contributed by atoms with E-state index in [1.54, 1.807) is 0 Å². The maximum Gasteiger partial charge on any atom is 0.227 e. The second-order valence-corrected chi connectivity index (χ2v) is 5.58. The van der Waals surface area contributed by atoms with E-state index in [0.717, 1.165) is 16.8 Å². The molecule has 5 nitrogen and oxygen atoms in total. The highest BCUT2D eigenvalue weighted by Crippen LogP contribution is 2.30. The van der Waals surface area contributed by atoms with Gasteiger partial charge in [-0.05, 0) is 18.2 Å². The molecular weight excluding hydrogens is 343 g/mol. The summed E-state index contributed by atoms with van der Waals surface area (Å²) >= 11 is 5.73. The number of benzene rings is 2. The molecule has 0 saturated carbocycles. The molecule has 0 amide bonds. The molecule has 2 aromatic heterocycles. The lowest BCUT2D eigenvalue weighted by atomic mass is 10.2. The zero-order valence-electron chi connectivity index (χ0n) is 11.9. The highest BCUT2D eigenvalue weighted by molar-refractivity contribution is 6.31. The largest absolute Gasteiger partial charge is 0.357 e. The van der Waals surface area contributed by atoms with Crippen LogP contribution in [0, 0.1) is 17.5 Å². The molecule has 4 aromatic rings. The smallest absolute Gasteiger partial charge is 0.227 e. The standard InChI is InChI=1S/C15H9ClF3N5/c16-8-1-2-11-14(12(8)19)23-15(24(11)20)22-10-5-21-13-7(10)3-6(17)4-9(13)18/h1-5,21H,20H2,(H,22,23). The molecule has 0 unspecified atom stereocenters. The van der Waals surface area contributed by atoms with Crippen LogP contribution in [0.1, 0.15) is 0 Å². The molecular formula is C15H9ClF3N5. The Labute approximate surface area is 137 Å². The van der Waals surface area contributed by atoms with Crippen LogP contribution in [-0.4, -0.2) is 14.6 Å². The summed E-state index contributed by atoms with van der Waals surface area (Å²) in [5, 5.41) is 3.03. The van der Waals surface area contributed by atoms with Crippen molar-refractivity contribution in [2.24, 2.45) is 0 Å². The van der Waals surface area contributed by atoms with Crippen LogP contribution in [0.25, 0.3) is 21.9 Å². The van der Waals surface area contributed by atoms with Gasteiger partial charge < -0.3 is 16.1 Å². The first-order chi connectivity index (χ1) is 11.5. The fraction of sp³-hybridized carbons (Fsp3) is 0. The molecule has 122 valence electrons. The quantitative estimate of drug-likeness (QED) is 0.477. The van der Waals surface area contributed by atoms with E-state index in [1.807, 2.05) is 0 Å². The second-order valence-electron chi connectivity index (χ2n) is 5.17. The van der Waals surface area contributed by atoms with Gasteiger partial charge in [-0.2, -0.15) is 0 Å². The van der Waals surface area contributed by atoms with Crippen molar-refractivity contribution in [1.29, 1.82) is 0 Å². The SMILES string of the molecule is Nn1c(Nc2c[nH]c3c(F)cc(F)cc23)nc2c(F)c(Cl)ccc21. The molecule has 0 aliphatic heterocycles. The molecule has 0 saturated heterocycles. The Morgan fingerprint density at radius 2 is 2.00 bits per heavy atom. The second kappa shape index (κ2) is 5.07. The lowest BCUT2D eigenvalue weighted by molar-refractivity contribution is 0.591. The van der Waals surface area contributed by atoms with E-state index in [4.69, 9.17) is 17.4 Å². The number of nitrogens with two attached hydrogens (primary N) is 1. The van der Waals surface area contributed by atoms with Gasteiger partial charge in [0, 0.05) is 17.6 Å². The summed E-state index contributed by atoms with van der Waals surface area (Å²) in [6.07, 6.45) is 1.44. The van der Waals surface area contributed by atoms with Gasteiger partial charge in [-0.15, -0.1) is 0 Å². The summed E-state index contributed by atoms with van der Waals surface area (Å²) in [6.45, 7) is 0. The number of hydrogen-bond donors (Lipinski definition) is 3. The number of rotatable bonds is 2. The maximum atomic E-state index is 14.0. The first-order valence-electron chi connectivity index (χ1n) is 6.80. The Kier molecular flexibility index (Phi) is 3.10. The fourth-order valence-corrected chi connectivity index (χ4v) is 2.72. The van der Waals surface area contributed by atoms with Gasteiger partial charge in [0.2, 0.25) is 5.95 Å². The van der Waals surface area contributed by atoms with Gasteiger partial charge >= 0.3 is 0 Å². The Morgan fingerprint density at radius 1 is 1.21 bits per heavy atom. The van der Waals surface area contributed by atoms with Crippen LogP contribution < -0.4 is 11.2 Å². The van der Waals surface area contributed by atoms with Crippen LogP contribution in [0.5, 0.6) is 0 Å². The Morgan fingerprint density at radius 3 is 2.79 bits per heavy atom. The summed E-state index contributed by atoms with van der Waals surface area (Å²) in [7, 11) is 0. The minimum atomic E-state index is -0.725. The predicted octanol–water partition coefficient (Wildman–Crippen LogP) is 4.05. The van der Waals surface area contributed by atoms with Gasteiger partial charge in [0.15, 0.2) is 5.82 Å². The van der Waals surface area contributed by atoms with E-state index in [0.29, 0.717) is 11.2 Å². The number of nitrogens with zero attached hydrogens (tertiary/aromatic N) is 2. The predicted molar refractivity (Wildman–Crippen MR) is 86.3 cm³/mol. The first kappa shape index (κ1) is 14.7. The summed E-state index contributed by atoms with van der Waals surface area (Å²) in [5.41, 5.74) is 0.783. The van der Waals surface area contributed by atoms with Gasteiger partial charge in [0.05, 0.1) is 21.7 Å². The van der Waals surface area contributed by atoms with Crippen LogP contribution in [0.4, 0.5) is 24.8 Å². The molecule has 0 atom stereocenters. The number of hydrogen-bond acceptors (Lipinski definition) is 3. The van der Waals surface area contributed by atoms with E-state index < -0.39 is 17.5 Å². The molecule has 2 aromatic carbocycles. The van der Waals surface area contributed by atoms with Gasteiger partial charge in [-0.3, -0.25) is 0 Å². The van der Waals surface area contributed by atoms with Crippen LogP contribution >= 0.6 is 11.6 Å². The van der Waals surface area contributed by atoms with Crippen LogP contribution in [0.2, 0.25) is 5.02 Å². The molecule has 0 aliphatic rings. The topological polar surface area (TPSA) is 71.7 Å². The lowest BCUT2D eigenvalue weighted by Crippen LogP contribution is -2.11. The fourth-order valence-electron chi connectivity index (χ4n) is 2.57. The Hall–Kier alpha value is -2.87. The molecule has 24 heavy (non-hydrogen) atoms. The Bertz CT molecular complexity index is 1100. The molecule has 0 fully saturated rings. The average molecular weight is 352 g/mol. The number of aromatic amines is 1. The average Bonchev–Trinajstić information content (AvgIpc) is 3.07. The third-order valence-corrected chi connectivity index (χ3v) is 4.00. The van der Waals surface area contributed by atoms with E-state index in [1.165, 1.54) is 18.3 Å². The minimum absolute atomic E-state index is 0.00953. The van der Waals surface area contributed by atoms with Crippen molar-refractivity contribution >= 4 is 45.2 Å². The number of anilines is 2. The van der Waals surface area contributed by atoms with Crippen LogP contribution in [-0.2, 0) is 0 Å².